The highest BCUT2D eigenvalue weighted by Gasteiger charge is 2.39. The number of nitrogens with one attached hydrogen (secondary N) is 2. The number of carboxylic acids is 1. The number of unbranched alkanes of at least 4 members (excludes halogenated alkanes) is 1. The molecule has 11 heteroatoms. The van der Waals surface area contributed by atoms with Crippen LogP contribution in [0.2, 0.25) is 0 Å². The monoisotopic (exact) mass is 553 g/mol. The summed E-state index contributed by atoms with van der Waals surface area (Å²) in [5.74, 6) is -2.51. The number of hydrogen-bond donors (Lipinski definition) is 6. The van der Waals surface area contributed by atoms with Crippen molar-refractivity contribution in [3.05, 3.63) is 65.7 Å². The van der Waals surface area contributed by atoms with Crippen molar-refractivity contribution >= 4 is 23.7 Å². The molecule has 0 spiro atoms. The number of carbonyl (C=O) groups excluding carboxylic acids is 3. The number of carboxylic acid groups (broad SMARTS) is 1. The number of nitrogens with zero attached hydrogens (tertiary/aromatic N) is 1. The summed E-state index contributed by atoms with van der Waals surface area (Å²) in [5.41, 5.74) is 13.3. The molecule has 1 heterocycles. The molecule has 3 amide bonds. The summed E-state index contributed by atoms with van der Waals surface area (Å²) in [6.07, 6.45) is 2.85. The summed E-state index contributed by atoms with van der Waals surface area (Å²) in [4.78, 5) is 53.1. The largest absolute Gasteiger partial charge is 0.508 e. The maximum absolute atomic E-state index is 13.6. The van der Waals surface area contributed by atoms with Crippen LogP contribution in [-0.2, 0) is 32.0 Å². The normalized spacial score (nSPS) is 17.1. The number of likely N-dealkylation sites (tertiary alicyclic amines) is 1. The van der Waals surface area contributed by atoms with E-state index < -0.39 is 47.9 Å². The van der Waals surface area contributed by atoms with Crippen molar-refractivity contribution in [1.82, 2.24) is 15.5 Å². The number of aromatic hydroxyl groups is 1. The zero-order valence-corrected chi connectivity index (χ0v) is 22.5. The zero-order valence-electron chi connectivity index (χ0n) is 22.5. The minimum absolute atomic E-state index is 0.103. The van der Waals surface area contributed by atoms with Gasteiger partial charge in [-0.2, -0.15) is 0 Å². The molecule has 2 aromatic rings. The molecule has 3 rings (SSSR count). The molecular formula is C29H39N5O6. The number of phenolic OH excluding ortho intramolecular Hbond substituents is 1. The lowest BCUT2D eigenvalue weighted by molar-refractivity contribution is -0.145. The minimum Gasteiger partial charge on any atom is -0.508 e. The molecule has 0 radical (unpaired) electrons. The molecular weight excluding hydrogens is 514 g/mol. The molecule has 40 heavy (non-hydrogen) atoms. The number of rotatable bonds is 14. The minimum atomic E-state index is -1.16. The Morgan fingerprint density at radius 3 is 2.25 bits per heavy atom. The first-order valence-corrected chi connectivity index (χ1v) is 13.6. The van der Waals surface area contributed by atoms with Crippen LogP contribution in [-0.4, -0.2) is 76.1 Å². The fraction of sp³-hybridized carbons (Fsp3) is 0.448. The van der Waals surface area contributed by atoms with Crippen LogP contribution in [0, 0.1) is 0 Å². The van der Waals surface area contributed by atoms with Gasteiger partial charge in [0.1, 0.15) is 23.9 Å². The fourth-order valence-electron chi connectivity index (χ4n) is 4.83. The van der Waals surface area contributed by atoms with Gasteiger partial charge >= 0.3 is 5.97 Å². The first-order valence-electron chi connectivity index (χ1n) is 13.6. The van der Waals surface area contributed by atoms with E-state index >= 15 is 0 Å². The topological polar surface area (TPSA) is 188 Å². The SMILES string of the molecule is NCCCCC(NC(=O)C(N)Cc1ccc(O)cc1)C(=O)N1CCCC1C(=O)NC(Cc1ccccc1)C(=O)O. The van der Waals surface area contributed by atoms with Gasteiger partial charge in [0.25, 0.3) is 0 Å². The number of hydrogen-bond acceptors (Lipinski definition) is 7. The molecule has 0 aliphatic carbocycles. The molecule has 8 N–H and O–H groups in total. The Balaban J connectivity index is 1.67. The van der Waals surface area contributed by atoms with Crippen molar-refractivity contribution in [2.45, 2.75) is 69.1 Å². The van der Waals surface area contributed by atoms with Gasteiger partial charge < -0.3 is 37.2 Å². The number of nitrogens with two attached hydrogens (primary N) is 2. The van der Waals surface area contributed by atoms with E-state index in [1.165, 1.54) is 17.0 Å². The molecule has 4 unspecified atom stereocenters. The van der Waals surface area contributed by atoms with E-state index in [0.29, 0.717) is 45.2 Å². The predicted octanol–water partition coefficient (Wildman–Crippen LogP) is 0.679. The molecule has 2 aromatic carbocycles. The quantitative estimate of drug-likeness (QED) is 0.184. The molecule has 216 valence electrons. The Morgan fingerprint density at radius 1 is 0.925 bits per heavy atom. The van der Waals surface area contributed by atoms with Gasteiger partial charge in [-0.3, -0.25) is 14.4 Å². The van der Waals surface area contributed by atoms with Crippen molar-refractivity contribution in [1.29, 1.82) is 0 Å². The molecule has 1 saturated heterocycles. The van der Waals surface area contributed by atoms with Crippen LogP contribution in [0.4, 0.5) is 0 Å². The molecule has 11 nitrogen and oxygen atoms in total. The number of aliphatic carboxylic acids is 1. The van der Waals surface area contributed by atoms with E-state index in [9.17, 15) is 29.4 Å². The van der Waals surface area contributed by atoms with Crippen LogP contribution >= 0.6 is 0 Å². The van der Waals surface area contributed by atoms with E-state index in [1.54, 1.807) is 36.4 Å². The average Bonchev–Trinajstić information content (AvgIpc) is 3.44. The van der Waals surface area contributed by atoms with Crippen molar-refractivity contribution in [3.63, 3.8) is 0 Å². The zero-order chi connectivity index (χ0) is 29.1. The van der Waals surface area contributed by atoms with E-state index in [2.05, 4.69) is 10.6 Å². The van der Waals surface area contributed by atoms with E-state index in [-0.39, 0.29) is 18.6 Å². The highest BCUT2D eigenvalue weighted by atomic mass is 16.4. The van der Waals surface area contributed by atoms with E-state index in [4.69, 9.17) is 11.5 Å². The predicted molar refractivity (Wildman–Crippen MR) is 149 cm³/mol. The molecule has 4 atom stereocenters. The second kappa shape index (κ2) is 15.0. The van der Waals surface area contributed by atoms with Crippen molar-refractivity contribution in [3.8, 4) is 5.75 Å². The van der Waals surface area contributed by atoms with Gasteiger partial charge in [-0.15, -0.1) is 0 Å². The van der Waals surface area contributed by atoms with Crippen LogP contribution in [0.25, 0.3) is 0 Å². The van der Waals surface area contributed by atoms with Gasteiger partial charge in [-0.25, -0.2) is 4.79 Å². The summed E-state index contributed by atoms with van der Waals surface area (Å²) in [7, 11) is 0. The van der Waals surface area contributed by atoms with Crippen molar-refractivity contribution in [2.24, 2.45) is 11.5 Å². The third kappa shape index (κ3) is 8.78. The van der Waals surface area contributed by atoms with Gasteiger partial charge in [-0.1, -0.05) is 42.5 Å². The van der Waals surface area contributed by atoms with Gasteiger partial charge in [0.2, 0.25) is 17.7 Å². The summed E-state index contributed by atoms with van der Waals surface area (Å²) in [5, 5.41) is 24.5. The van der Waals surface area contributed by atoms with Crippen LogP contribution in [0.3, 0.4) is 0 Å². The second-order valence-electron chi connectivity index (χ2n) is 10.1. The fourth-order valence-corrected chi connectivity index (χ4v) is 4.83. The Kier molecular flexibility index (Phi) is 11.5. The third-order valence-corrected chi connectivity index (χ3v) is 7.03. The van der Waals surface area contributed by atoms with E-state index in [0.717, 1.165) is 11.1 Å². The second-order valence-corrected chi connectivity index (χ2v) is 10.1. The molecule has 0 bridgehead atoms. The van der Waals surface area contributed by atoms with Gasteiger partial charge in [0.15, 0.2) is 0 Å². The third-order valence-electron chi connectivity index (χ3n) is 7.03. The van der Waals surface area contributed by atoms with Crippen LogP contribution in [0.5, 0.6) is 5.75 Å². The molecule has 1 aliphatic heterocycles. The number of carbonyl (C=O) groups is 4. The number of benzene rings is 2. The van der Waals surface area contributed by atoms with Gasteiger partial charge in [0, 0.05) is 13.0 Å². The number of phenols is 1. The highest BCUT2D eigenvalue weighted by Crippen LogP contribution is 2.21. The smallest absolute Gasteiger partial charge is 0.326 e. The van der Waals surface area contributed by atoms with Crippen molar-refractivity contribution < 1.29 is 29.4 Å². The van der Waals surface area contributed by atoms with E-state index in [1.807, 2.05) is 6.07 Å². The maximum atomic E-state index is 13.6. The average molecular weight is 554 g/mol. The summed E-state index contributed by atoms with van der Waals surface area (Å²) >= 11 is 0. The first kappa shape index (κ1) is 30.6. The molecule has 0 aromatic heterocycles. The van der Waals surface area contributed by atoms with Crippen LogP contribution in [0.1, 0.15) is 43.2 Å². The number of amides is 3. The summed E-state index contributed by atoms with van der Waals surface area (Å²) in [6, 6.07) is 11.5. The lowest BCUT2D eigenvalue weighted by Gasteiger charge is -2.30. The molecule has 0 saturated carbocycles. The molecule has 1 aliphatic rings. The Bertz CT molecular complexity index is 1140. The maximum Gasteiger partial charge on any atom is 0.326 e. The Labute approximate surface area is 233 Å². The lowest BCUT2D eigenvalue weighted by atomic mass is 10.0. The molecule has 1 fully saturated rings. The van der Waals surface area contributed by atoms with Gasteiger partial charge in [0.05, 0.1) is 6.04 Å². The first-order chi connectivity index (χ1) is 19.2. The standard InChI is InChI=1S/C29H39N5O6/c30-15-5-4-9-23(32-26(36)22(31)17-20-11-13-21(35)14-12-20)28(38)34-16-6-10-25(34)27(37)33-24(29(39)40)18-19-7-2-1-3-8-19/h1-3,7-8,11-14,22-25,35H,4-6,9-10,15-18,30-31H2,(H,32,36)(H,33,37)(H,39,40). The summed E-state index contributed by atoms with van der Waals surface area (Å²) < 4.78 is 0. The summed E-state index contributed by atoms with van der Waals surface area (Å²) in [6.45, 7) is 0.748. The van der Waals surface area contributed by atoms with Crippen LogP contribution in [0.15, 0.2) is 54.6 Å². The highest BCUT2D eigenvalue weighted by molar-refractivity contribution is 5.94. The van der Waals surface area contributed by atoms with Gasteiger partial charge in [-0.05, 0) is 68.3 Å². The van der Waals surface area contributed by atoms with Crippen LogP contribution < -0.4 is 22.1 Å². The lowest BCUT2D eigenvalue weighted by Crippen LogP contribution is -2.57. The van der Waals surface area contributed by atoms with Crippen molar-refractivity contribution in [2.75, 3.05) is 13.1 Å². The Hall–Kier alpha value is -3.96. The Morgan fingerprint density at radius 2 is 1.60 bits per heavy atom.